The maximum absolute atomic E-state index is 12.2. The van der Waals surface area contributed by atoms with E-state index in [-0.39, 0.29) is 5.75 Å². The summed E-state index contributed by atoms with van der Waals surface area (Å²) < 4.78 is 30.0. The zero-order valence-electron chi connectivity index (χ0n) is 12.7. The predicted octanol–water partition coefficient (Wildman–Crippen LogP) is 3.10. The molecule has 1 aromatic carbocycles. The lowest BCUT2D eigenvalue weighted by molar-refractivity contribution is 0.124. The summed E-state index contributed by atoms with van der Waals surface area (Å²) in [4.78, 5) is 0.408. The van der Waals surface area contributed by atoms with E-state index in [1.807, 2.05) is 19.1 Å². The molecular weight excluding hydrogens is 286 g/mol. The number of hydrogen-bond donors (Lipinski definition) is 1. The second-order valence-electron chi connectivity index (χ2n) is 5.61. The average Bonchev–Trinajstić information content (AvgIpc) is 3.27. The molecule has 21 heavy (non-hydrogen) atoms. The summed E-state index contributed by atoms with van der Waals surface area (Å²) in [5, 5.41) is 3.22. The van der Waals surface area contributed by atoms with E-state index in [4.69, 9.17) is 4.74 Å². The third-order valence-electron chi connectivity index (χ3n) is 3.53. The summed E-state index contributed by atoms with van der Waals surface area (Å²) in [6.07, 6.45) is 4.13. The van der Waals surface area contributed by atoms with Gasteiger partial charge in [0.1, 0.15) is 0 Å². The van der Waals surface area contributed by atoms with Gasteiger partial charge in [0.05, 0.1) is 16.3 Å². The van der Waals surface area contributed by atoms with Gasteiger partial charge in [-0.1, -0.05) is 19.1 Å². The molecule has 0 heterocycles. The fourth-order valence-electron chi connectivity index (χ4n) is 2.19. The Morgan fingerprint density at radius 3 is 2.76 bits per heavy atom. The van der Waals surface area contributed by atoms with Gasteiger partial charge in [-0.25, -0.2) is 8.42 Å². The topological polar surface area (TPSA) is 55.4 Å². The summed E-state index contributed by atoms with van der Waals surface area (Å²) in [7, 11) is -3.19. The summed E-state index contributed by atoms with van der Waals surface area (Å²) in [5.41, 5.74) is 0.702. The first-order valence-corrected chi connectivity index (χ1v) is 9.42. The Kier molecular flexibility index (Phi) is 6.06. The molecule has 0 amide bonds. The van der Waals surface area contributed by atoms with Gasteiger partial charge in [0, 0.05) is 19.8 Å². The van der Waals surface area contributed by atoms with Crippen molar-refractivity contribution in [2.75, 3.05) is 30.8 Å². The molecule has 1 N–H and O–H groups in total. The van der Waals surface area contributed by atoms with Crippen LogP contribution in [0.2, 0.25) is 0 Å². The maximum Gasteiger partial charge on any atom is 0.180 e. The summed E-state index contributed by atoms with van der Waals surface area (Å²) >= 11 is 0. The normalized spacial score (nSPS) is 15.1. The standard InChI is InChI=1S/C16H25NO3S/c1-2-12-21(18,19)16-7-4-3-6-15(16)17-10-5-11-20-13-14-8-9-14/h3-4,6-7,14,17H,2,5,8-13H2,1H3. The Morgan fingerprint density at radius 2 is 2.05 bits per heavy atom. The van der Waals surface area contributed by atoms with Gasteiger partial charge < -0.3 is 10.1 Å². The van der Waals surface area contributed by atoms with Crippen LogP contribution in [0.3, 0.4) is 0 Å². The lowest BCUT2D eigenvalue weighted by atomic mass is 10.3. The number of para-hydroxylation sites is 1. The van der Waals surface area contributed by atoms with Crippen LogP contribution in [0.25, 0.3) is 0 Å². The van der Waals surface area contributed by atoms with E-state index >= 15 is 0 Å². The van der Waals surface area contributed by atoms with Crippen LogP contribution in [0, 0.1) is 5.92 Å². The van der Waals surface area contributed by atoms with E-state index in [0.29, 0.717) is 17.0 Å². The number of hydrogen-bond acceptors (Lipinski definition) is 4. The highest BCUT2D eigenvalue weighted by Crippen LogP contribution is 2.28. The zero-order valence-corrected chi connectivity index (χ0v) is 13.5. The van der Waals surface area contributed by atoms with E-state index in [0.717, 1.165) is 32.1 Å². The minimum absolute atomic E-state index is 0.191. The first-order valence-electron chi connectivity index (χ1n) is 7.77. The van der Waals surface area contributed by atoms with E-state index in [2.05, 4.69) is 5.32 Å². The number of nitrogens with one attached hydrogen (secondary N) is 1. The van der Waals surface area contributed by atoms with Crippen molar-refractivity contribution < 1.29 is 13.2 Å². The zero-order chi connectivity index (χ0) is 15.1. The van der Waals surface area contributed by atoms with Crippen molar-refractivity contribution in [2.24, 2.45) is 5.92 Å². The van der Waals surface area contributed by atoms with Gasteiger partial charge in [-0.3, -0.25) is 0 Å². The van der Waals surface area contributed by atoms with Crippen molar-refractivity contribution in [3.63, 3.8) is 0 Å². The first-order chi connectivity index (χ1) is 10.1. The van der Waals surface area contributed by atoms with Crippen LogP contribution in [0.4, 0.5) is 5.69 Å². The lowest BCUT2D eigenvalue weighted by Crippen LogP contribution is -2.12. The smallest absolute Gasteiger partial charge is 0.180 e. The van der Waals surface area contributed by atoms with Crippen molar-refractivity contribution in [2.45, 2.75) is 37.5 Å². The minimum atomic E-state index is -3.19. The van der Waals surface area contributed by atoms with E-state index in [1.54, 1.807) is 12.1 Å². The van der Waals surface area contributed by atoms with Gasteiger partial charge >= 0.3 is 0 Å². The SMILES string of the molecule is CCCS(=O)(=O)c1ccccc1NCCCOCC1CC1. The molecule has 4 nitrogen and oxygen atoms in total. The third-order valence-corrected chi connectivity index (χ3v) is 5.50. The molecule has 0 bridgehead atoms. The van der Waals surface area contributed by atoms with Crippen LogP contribution in [-0.2, 0) is 14.6 Å². The highest BCUT2D eigenvalue weighted by molar-refractivity contribution is 7.91. The molecule has 118 valence electrons. The molecule has 1 fully saturated rings. The minimum Gasteiger partial charge on any atom is -0.384 e. The Hall–Kier alpha value is -1.07. The third kappa shape index (κ3) is 5.32. The molecule has 2 rings (SSSR count). The first kappa shape index (κ1) is 16.3. The molecule has 1 aliphatic rings. The molecule has 0 atom stereocenters. The highest BCUT2D eigenvalue weighted by atomic mass is 32.2. The van der Waals surface area contributed by atoms with Crippen LogP contribution in [0.15, 0.2) is 29.2 Å². The van der Waals surface area contributed by atoms with Crippen molar-refractivity contribution in [1.29, 1.82) is 0 Å². The van der Waals surface area contributed by atoms with Crippen LogP contribution in [0.1, 0.15) is 32.6 Å². The second-order valence-corrected chi connectivity index (χ2v) is 7.69. The van der Waals surface area contributed by atoms with Gasteiger partial charge in [0.15, 0.2) is 9.84 Å². The lowest BCUT2D eigenvalue weighted by Gasteiger charge is -2.12. The molecule has 1 saturated carbocycles. The van der Waals surface area contributed by atoms with Crippen molar-refractivity contribution in [3.05, 3.63) is 24.3 Å². The quantitative estimate of drug-likeness (QED) is 0.675. The van der Waals surface area contributed by atoms with Gasteiger partial charge in [-0.05, 0) is 43.7 Å². The number of sulfone groups is 1. The van der Waals surface area contributed by atoms with Gasteiger partial charge in [0.25, 0.3) is 0 Å². The van der Waals surface area contributed by atoms with Crippen LogP contribution < -0.4 is 5.32 Å². The largest absolute Gasteiger partial charge is 0.384 e. The van der Waals surface area contributed by atoms with Gasteiger partial charge in [-0.15, -0.1) is 0 Å². The van der Waals surface area contributed by atoms with Crippen molar-refractivity contribution in [1.82, 2.24) is 0 Å². The van der Waals surface area contributed by atoms with Gasteiger partial charge in [-0.2, -0.15) is 0 Å². The summed E-state index contributed by atoms with van der Waals surface area (Å²) in [6, 6.07) is 7.13. The fourth-order valence-corrected chi connectivity index (χ4v) is 3.71. The summed E-state index contributed by atoms with van der Waals surface area (Å²) in [5.74, 6) is 0.980. The molecule has 5 heteroatoms. The molecule has 0 radical (unpaired) electrons. The molecule has 0 aliphatic heterocycles. The Labute approximate surface area is 127 Å². The maximum atomic E-state index is 12.2. The molecule has 0 unspecified atom stereocenters. The second kappa shape index (κ2) is 7.80. The average molecular weight is 311 g/mol. The van der Waals surface area contributed by atoms with Crippen LogP contribution >= 0.6 is 0 Å². The van der Waals surface area contributed by atoms with Gasteiger partial charge in [0.2, 0.25) is 0 Å². The molecule has 0 saturated heterocycles. The van der Waals surface area contributed by atoms with Crippen LogP contribution in [0.5, 0.6) is 0 Å². The predicted molar refractivity (Wildman–Crippen MR) is 85.4 cm³/mol. The number of ether oxygens (including phenoxy) is 1. The van der Waals surface area contributed by atoms with Crippen LogP contribution in [-0.4, -0.2) is 33.9 Å². The number of anilines is 1. The van der Waals surface area contributed by atoms with Crippen molar-refractivity contribution in [3.8, 4) is 0 Å². The molecule has 0 spiro atoms. The monoisotopic (exact) mass is 311 g/mol. The Balaban J connectivity index is 1.81. The molecule has 0 aromatic heterocycles. The Bertz CT molecular complexity index is 538. The highest BCUT2D eigenvalue weighted by Gasteiger charge is 2.21. The molecule has 1 aliphatic carbocycles. The number of benzene rings is 1. The van der Waals surface area contributed by atoms with E-state index in [1.165, 1.54) is 12.8 Å². The fraction of sp³-hybridized carbons (Fsp3) is 0.625. The van der Waals surface area contributed by atoms with E-state index in [9.17, 15) is 8.42 Å². The summed E-state index contributed by atoms with van der Waals surface area (Å²) in [6.45, 7) is 4.21. The van der Waals surface area contributed by atoms with Crippen molar-refractivity contribution >= 4 is 15.5 Å². The molecular formula is C16H25NO3S. The van der Waals surface area contributed by atoms with E-state index < -0.39 is 9.84 Å². The Morgan fingerprint density at radius 1 is 1.29 bits per heavy atom. The molecule has 1 aromatic rings. The number of rotatable bonds is 10.